The number of halogens is 6. The molecule has 0 saturated carbocycles. The van der Waals surface area contributed by atoms with Crippen LogP contribution in [0.3, 0.4) is 0 Å². The molecule has 4 aromatic rings. The van der Waals surface area contributed by atoms with Gasteiger partial charge in [0, 0.05) is 11.1 Å². The zero-order valence-corrected chi connectivity index (χ0v) is 17.0. The number of para-hydroxylation sites is 1. The summed E-state index contributed by atoms with van der Waals surface area (Å²) in [6.45, 7) is 0. The lowest BCUT2D eigenvalue weighted by Gasteiger charge is -2.15. The van der Waals surface area contributed by atoms with Crippen LogP contribution in [-0.4, -0.2) is 17.6 Å². The normalized spacial score (nSPS) is 12.2. The van der Waals surface area contributed by atoms with Gasteiger partial charge in [0.2, 0.25) is 0 Å². The standard InChI is InChI=1S/C24H15F6NO2/c1-33-22(32)19-4-2-3-15-13-20(14-5-7-16(8-6-14)23(25,26)27)31(21(15)19)18-11-9-17(10-12-18)24(28,29)30/h2-13H,1H3. The number of ether oxygens (including phenoxy) is 1. The summed E-state index contributed by atoms with van der Waals surface area (Å²) in [6, 6.07) is 15.1. The highest BCUT2D eigenvalue weighted by Crippen LogP contribution is 2.37. The first-order valence-corrected chi connectivity index (χ1v) is 9.59. The second-order valence-electron chi connectivity index (χ2n) is 7.22. The van der Waals surface area contributed by atoms with E-state index < -0.39 is 29.4 Å². The lowest BCUT2D eigenvalue weighted by atomic mass is 10.1. The molecule has 0 bridgehead atoms. The summed E-state index contributed by atoms with van der Waals surface area (Å²) in [5.74, 6) is -0.661. The first-order chi connectivity index (χ1) is 15.5. The predicted octanol–water partition coefficient (Wildman–Crippen LogP) is 7.12. The first-order valence-electron chi connectivity index (χ1n) is 9.59. The number of carbonyl (C=O) groups excluding carboxylic acids is 1. The fourth-order valence-corrected chi connectivity index (χ4v) is 3.64. The van der Waals surface area contributed by atoms with Gasteiger partial charge in [-0.3, -0.25) is 0 Å². The number of hydrogen-bond donors (Lipinski definition) is 0. The Morgan fingerprint density at radius 1 is 0.788 bits per heavy atom. The minimum Gasteiger partial charge on any atom is -0.465 e. The third kappa shape index (κ3) is 4.18. The van der Waals surface area contributed by atoms with Crippen molar-refractivity contribution in [2.45, 2.75) is 12.4 Å². The molecule has 170 valence electrons. The monoisotopic (exact) mass is 463 g/mol. The summed E-state index contributed by atoms with van der Waals surface area (Å²) >= 11 is 0. The van der Waals surface area contributed by atoms with Gasteiger partial charge in [0.1, 0.15) is 0 Å². The zero-order chi connectivity index (χ0) is 24.0. The van der Waals surface area contributed by atoms with Gasteiger partial charge in [-0.1, -0.05) is 24.3 Å². The van der Waals surface area contributed by atoms with Crippen LogP contribution in [0.2, 0.25) is 0 Å². The highest BCUT2D eigenvalue weighted by atomic mass is 19.4. The Morgan fingerprint density at radius 2 is 1.33 bits per heavy atom. The van der Waals surface area contributed by atoms with Crippen molar-refractivity contribution in [3.8, 4) is 16.9 Å². The number of nitrogens with zero attached hydrogens (tertiary/aromatic N) is 1. The Labute approximate surface area is 183 Å². The molecule has 0 N–H and O–H groups in total. The average molecular weight is 463 g/mol. The predicted molar refractivity (Wildman–Crippen MR) is 110 cm³/mol. The molecule has 4 rings (SSSR count). The van der Waals surface area contributed by atoms with Crippen LogP contribution < -0.4 is 0 Å². The average Bonchev–Trinajstić information content (AvgIpc) is 3.17. The lowest BCUT2D eigenvalue weighted by molar-refractivity contribution is -0.138. The molecule has 3 nitrogen and oxygen atoms in total. The first kappa shape index (κ1) is 22.4. The number of methoxy groups -OCH3 is 1. The van der Waals surface area contributed by atoms with Crippen LogP contribution in [0.25, 0.3) is 27.8 Å². The quantitative estimate of drug-likeness (QED) is 0.239. The number of alkyl halides is 6. The number of esters is 1. The van der Waals surface area contributed by atoms with Gasteiger partial charge in [0.25, 0.3) is 0 Å². The Hall–Kier alpha value is -3.75. The van der Waals surface area contributed by atoms with E-state index in [1.165, 1.54) is 42.0 Å². The summed E-state index contributed by atoms with van der Waals surface area (Å²) in [5.41, 5.74) is -0.0910. The summed E-state index contributed by atoms with van der Waals surface area (Å²) in [6.07, 6.45) is -9.05. The maximum Gasteiger partial charge on any atom is 0.416 e. The van der Waals surface area contributed by atoms with Gasteiger partial charge < -0.3 is 9.30 Å². The summed E-state index contributed by atoms with van der Waals surface area (Å²) in [7, 11) is 1.20. The molecule has 1 heterocycles. The molecule has 0 unspecified atom stereocenters. The van der Waals surface area contributed by atoms with E-state index in [9.17, 15) is 31.1 Å². The van der Waals surface area contributed by atoms with Crippen LogP contribution in [0.15, 0.2) is 72.8 Å². The van der Waals surface area contributed by atoms with Crippen molar-refractivity contribution in [3.63, 3.8) is 0 Å². The Morgan fingerprint density at radius 3 is 1.85 bits per heavy atom. The van der Waals surface area contributed by atoms with Crippen molar-refractivity contribution in [1.82, 2.24) is 4.57 Å². The molecule has 0 aliphatic rings. The Kier molecular flexibility index (Phi) is 5.43. The van der Waals surface area contributed by atoms with Gasteiger partial charge in [0.05, 0.1) is 35.0 Å². The molecule has 0 atom stereocenters. The van der Waals surface area contributed by atoms with E-state index in [0.29, 0.717) is 27.8 Å². The third-order valence-corrected chi connectivity index (χ3v) is 5.19. The van der Waals surface area contributed by atoms with Gasteiger partial charge >= 0.3 is 18.3 Å². The Balaban J connectivity index is 1.98. The minimum absolute atomic E-state index is 0.160. The number of carbonyl (C=O) groups is 1. The van der Waals surface area contributed by atoms with Crippen molar-refractivity contribution in [2.24, 2.45) is 0 Å². The van der Waals surface area contributed by atoms with Crippen molar-refractivity contribution in [2.75, 3.05) is 7.11 Å². The van der Waals surface area contributed by atoms with Crippen LogP contribution in [0.4, 0.5) is 26.3 Å². The number of benzene rings is 3. The second kappa shape index (κ2) is 7.99. The summed E-state index contributed by atoms with van der Waals surface area (Å²) in [4.78, 5) is 12.4. The highest BCUT2D eigenvalue weighted by molar-refractivity contribution is 6.05. The Bertz CT molecular complexity index is 1320. The van der Waals surface area contributed by atoms with Gasteiger partial charge in [-0.15, -0.1) is 0 Å². The second-order valence-corrected chi connectivity index (χ2v) is 7.22. The van der Waals surface area contributed by atoms with Gasteiger partial charge in [-0.05, 0) is 54.1 Å². The fraction of sp³-hybridized carbons (Fsp3) is 0.125. The van der Waals surface area contributed by atoms with E-state index in [2.05, 4.69) is 0 Å². The number of hydrogen-bond acceptors (Lipinski definition) is 2. The zero-order valence-electron chi connectivity index (χ0n) is 17.0. The molecule has 0 aliphatic carbocycles. The van der Waals surface area contributed by atoms with Crippen LogP contribution in [0, 0.1) is 0 Å². The fourth-order valence-electron chi connectivity index (χ4n) is 3.64. The maximum absolute atomic E-state index is 13.0. The van der Waals surface area contributed by atoms with Crippen LogP contribution >= 0.6 is 0 Å². The molecule has 3 aromatic carbocycles. The van der Waals surface area contributed by atoms with Gasteiger partial charge in [-0.25, -0.2) is 4.79 Å². The van der Waals surface area contributed by atoms with E-state index in [4.69, 9.17) is 4.74 Å². The van der Waals surface area contributed by atoms with E-state index in [-0.39, 0.29) is 5.56 Å². The van der Waals surface area contributed by atoms with E-state index in [1.807, 2.05) is 0 Å². The van der Waals surface area contributed by atoms with Crippen LogP contribution in [0.1, 0.15) is 21.5 Å². The molecule has 9 heteroatoms. The SMILES string of the molecule is COC(=O)c1cccc2cc(-c3ccc(C(F)(F)F)cc3)n(-c3ccc(C(F)(F)F)cc3)c12. The molecule has 0 spiro atoms. The lowest BCUT2D eigenvalue weighted by Crippen LogP contribution is -2.08. The van der Waals surface area contributed by atoms with Crippen molar-refractivity contribution in [3.05, 3.63) is 89.5 Å². The molecular weight excluding hydrogens is 448 g/mol. The molecule has 0 amide bonds. The van der Waals surface area contributed by atoms with E-state index in [0.717, 1.165) is 24.3 Å². The molecule has 0 fully saturated rings. The van der Waals surface area contributed by atoms with Crippen molar-refractivity contribution in [1.29, 1.82) is 0 Å². The van der Waals surface area contributed by atoms with Crippen LogP contribution in [0.5, 0.6) is 0 Å². The molecule has 33 heavy (non-hydrogen) atoms. The maximum atomic E-state index is 13.0. The molecule has 0 radical (unpaired) electrons. The van der Waals surface area contributed by atoms with Crippen LogP contribution in [-0.2, 0) is 17.1 Å². The van der Waals surface area contributed by atoms with E-state index in [1.54, 1.807) is 18.2 Å². The van der Waals surface area contributed by atoms with Gasteiger partial charge in [-0.2, -0.15) is 26.3 Å². The smallest absolute Gasteiger partial charge is 0.416 e. The highest BCUT2D eigenvalue weighted by Gasteiger charge is 2.31. The molecular formula is C24H15F6NO2. The van der Waals surface area contributed by atoms with E-state index >= 15 is 0 Å². The minimum atomic E-state index is -4.54. The molecule has 0 aliphatic heterocycles. The number of aromatic nitrogens is 1. The largest absolute Gasteiger partial charge is 0.465 e. The summed E-state index contributed by atoms with van der Waals surface area (Å²) < 4.78 is 84.5. The molecule has 0 saturated heterocycles. The van der Waals surface area contributed by atoms with Crippen molar-refractivity contribution >= 4 is 16.9 Å². The number of fused-ring (bicyclic) bond motifs is 1. The molecule has 1 aromatic heterocycles. The van der Waals surface area contributed by atoms with Gasteiger partial charge in [0.15, 0.2) is 0 Å². The van der Waals surface area contributed by atoms with Crippen molar-refractivity contribution < 1.29 is 35.9 Å². The third-order valence-electron chi connectivity index (χ3n) is 5.19. The number of rotatable bonds is 3. The summed E-state index contributed by atoms with van der Waals surface area (Å²) in [5, 5.41) is 0.563. The topological polar surface area (TPSA) is 31.2 Å².